The van der Waals surface area contributed by atoms with Crippen molar-refractivity contribution in [2.24, 2.45) is 9.98 Å². The summed E-state index contributed by atoms with van der Waals surface area (Å²) >= 11 is 0. The van der Waals surface area contributed by atoms with Crippen LogP contribution in [0.3, 0.4) is 0 Å². The summed E-state index contributed by atoms with van der Waals surface area (Å²) in [7, 11) is 0. The largest absolute Gasteiger partial charge is 2.00 e. The van der Waals surface area contributed by atoms with Gasteiger partial charge in [0.05, 0.1) is 0 Å². The van der Waals surface area contributed by atoms with Crippen molar-refractivity contribution in [3.63, 3.8) is 0 Å². The van der Waals surface area contributed by atoms with Crippen molar-refractivity contribution in [2.45, 2.75) is 53.4 Å². The van der Waals surface area contributed by atoms with Gasteiger partial charge in [-0.3, -0.25) is 9.98 Å². The number of aromatic nitrogens is 2. The van der Waals surface area contributed by atoms with Gasteiger partial charge in [-0.05, 0) is 12.8 Å². The van der Waals surface area contributed by atoms with Gasteiger partial charge in [0.2, 0.25) is 0 Å². The minimum atomic E-state index is 0. The molecule has 0 unspecified atom stereocenters. The van der Waals surface area contributed by atoms with Crippen molar-refractivity contribution in [1.29, 1.82) is 0 Å². The number of rotatable bonds is 8. The van der Waals surface area contributed by atoms with Crippen LogP contribution in [0, 0.1) is 13.8 Å². The van der Waals surface area contributed by atoms with E-state index in [9.17, 15) is 0 Å². The Bertz CT molecular complexity index is 556. The average molecular weight is 381 g/mol. The Labute approximate surface area is 163 Å². The molecular formula is C20H30MnN4. The van der Waals surface area contributed by atoms with Gasteiger partial charge < -0.3 is 9.97 Å². The normalized spacial score (nSPS) is 10.7. The molecule has 0 aromatic carbocycles. The summed E-state index contributed by atoms with van der Waals surface area (Å²) in [4.78, 5) is 17.0. The first kappa shape index (κ1) is 23.4. The minimum absolute atomic E-state index is 0. The second kappa shape index (κ2) is 14.7. The van der Waals surface area contributed by atoms with Gasteiger partial charge in [0.15, 0.2) is 0 Å². The number of hydrogen-bond acceptors (Lipinski definition) is 2. The Morgan fingerprint density at radius 3 is 1.44 bits per heavy atom. The molecule has 0 saturated heterocycles. The second-order valence-corrected chi connectivity index (χ2v) is 5.80. The molecule has 2 heterocycles. The van der Waals surface area contributed by atoms with Crippen LogP contribution in [-0.4, -0.2) is 25.5 Å². The van der Waals surface area contributed by atoms with Crippen molar-refractivity contribution in [1.82, 2.24) is 9.97 Å². The number of aliphatic imine (C=N–C) groups is 2. The van der Waals surface area contributed by atoms with E-state index >= 15 is 0 Å². The Balaban J connectivity index is 0.000000443. The molecule has 2 aromatic rings. The predicted octanol–water partition coefficient (Wildman–Crippen LogP) is 4.34. The van der Waals surface area contributed by atoms with Crippen LogP contribution in [0.4, 0.5) is 0 Å². The molecule has 0 aliphatic carbocycles. The molecule has 0 amide bonds. The zero-order chi connectivity index (χ0) is 17.6. The molecule has 0 spiro atoms. The Kier molecular flexibility index (Phi) is 13.8. The van der Waals surface area contributed by atoms with Crippen molar-refractivity contribution in [3.05, 3.63) is 47.0 Å². The molecule has 25 heavy (non-hydrogen) atoms. The molecule has 0 saturated carbocycles. The van der Waals surface area contributed by atoms with E-state index in [2.05, 4.69) is 33.8 Å². The molecule has 2 aromatic heterocycles. The molecule has 137 valence electrons. The van der Waals surface area contributed by atoms with Crippen LogP contribution >= 0.6 is 0 Å². The summed E-state index contributed by atoms with van der Waals surface area (Å²) in [5.41, 5.74) is 4.08. The number of hydrogen-bond donors (Lipinski definition) is 0. The third-order valence-corrected chi connectivity index (χ3v) is 3.33. The van der Waals surface area contributed by atoms with Gasteiger partial charge in [0, 0.05) is 25.5 Å². The fourth-order valence-electron chi connectivity index (χ4n) is 1.93. The van der Waals surface area contributed by atoms with Crippen molar-refractivity contribution < 1.29 is 17.1 Å². The van der Waals surface area contributed by atoms with E-state index in [-0.39, 0.29) is 17.1 Å². The van der Waals surface area contributed by atoms with Crippen LogP contribution in [0.15, 0.2) is 34.3 Å². The van der Waals surface area contributed by atoms with E-state index in [4.69, 9.17) is 0 Å². The van der Waals surface area contributed by atoms with Gasteiger partial charge in [-0.1, -0.05) is 64.8 Å². The van der Waals surface area contributed by atoms with Crippen LogP contribution in [-0.2, 0) is 17.1 Å². The predicted molar refractivity (Wildman–Crippen MR) is 104 cm³/mol. The average Bonchev–Trinajstić information content (AvgIpc) is 3.17. The number of aryl methyl sites for hydroxylation is 2. The molecule has 5 heteroatoms. The maximum Gasteiger partial charge on any atom is 2.00 e. The van der Waals surface area contributed by atoms with Crippen molar-refractivity contribution in [2.75, 3.05) is 13.1 Å². The Hall–Kier alpha value is -1.58. The standard InChI is InChI=1S/2C10H15N2.Mn/c2*1-3-4-7-11-8-10-6-5-9(2)12-10;/h2*5-6,8H,3-4,7H2,1-2H3;/q2*-1;+2. The molecule has 1 radical (unpaired) electrons. The van der Waals surface area contributed by atoms with E-state index in [1.165, 1.54) is 12.8 Å². The SMILES string of the molecule is CCCCN=Cc1ccc(C)[n-]1.CCCCN=Cc1ccc(C)[n-]1.[Mn+2]. The van der Waals surface area contributed by atoms with Crippen LogP contribution in [0.5, 0.6) is 0 Å². The van der Waals surface area contributed by atoms with Gasteiger partial charge in [0.1, 0.15) is 0 Å². The Morgan fingerprint density at radius 1 is 0.760 bits per heavy atom. The first-order valence-electron chi connectivity index (χ1n) is 8.86. The van der Waals surface area contributed by atoms with E-state index in [1.807, 2.05) is 50.5 Å². The second-order valence-electron chi connectivity index (χ2n) is 5.80. The summed E-state index contributed by atoms with van der Waals surface area (Å²) in [6.45, 7) is 10.2. The van der Waals surface area contributed by atoms with E-state index < -0.39 is 0 Å². The first-order chi connectivity index (χ1) is 11.7. The minimum Gasteiger partial charge on any atom is -0.660 e. The van der Waals surface area contributed by atoms with Crippen LogP contribution in [0.2, 0.25) is 0 Å². The molecule has 0 bridgehead atoms. The summed E-state index contributed by atoms with van der Waals surface area (Å²) in [5.74, 6) is 0. The van der Waals surface area contributed by atoms with Gasteiger partial charge >= 0.3 is 17.1 Å². The molecule has 0 aliphatic heterocycles. The summed E-state index contributed by atoms with van der Waals surface area (Å²) in [6, 6.07) is 7.98. The summed E-state index contributed by atoms with van der Waals surface area (Å²) in [6.07, 6.45) is 8.42. The third-order valence-electron chi connectivity index (χ3n) is 3.33. The molecule has 4 nitrogen and oxygen atoms in total. The Morgan fingerprint density at radius 2 is 1.16 bits per heavy atom. The summed E-state index contributed by atoms with van der Waals surface area (Å²) < 4.78 is 0. The molecule has 0 aliphatic rings. The van der Waals surface area contributed by atoms with Gasteiger partial charge in [0.25, 0.3) is 0 Å². The maximum absolute atomic E-state index is 4.26. The molecule has 0 fully saturated rings. The van der Waals surface area contributed by atoms with Gasteiger partial charge in [-0.2, -0.15) is 11.4 Å². The van der Waals surface area contributed by atoms with E-state index in [0.29, 0.717) is 0 Å². The quantitative estimate of drug-likeness (QED) is 0.388. The maximum atomic E-state index is 4.26. The number of nitrogens with zero attached hydrogens (tertiary/aromatic N) is 4. The summed E-state index contributed by atoms with van der Waals surface area (Å²) in [5, 5.41) is 0. The van der Waals surface area contributed by atoms with E-state index in [1.54, 1.807) is 0 Å². The fourth-order valence-corrected chi connectivity index (χ4v) is 1.93. The number of unbranched alkanes of at least 4 members (excludes halogenated alkanes) is 2. The van der Waals surface area contributed by atoms with Crippen molar-refractivity contribution in [3.8, 4) is 0 Å². The van der Waals surface area contributed by atoms with E-state index in [0.717, 1.165) is 48.7 Å². The van der Waals surface area contributed by atoms with Crippen LogP contribution in [0.1, 0.15) is 62.3 Å². The smallest absolute Gasteiger partial charge is 0.660 e. The van der Waals surface area contributed by atoms with Crippen LogP contribution in [0.25, 0.3) is 0 Å². The topological polar surface area (TPSA) is 52.9 Å². The third kappa shape index (κ3) is 11.6. The molecule has 0 N–H and O–H groups in total. The van der Waals surface area contributed by atoms with Crippen molar-refractivity contribution >= 4 is 12.4 Å². The molecule has 2 rings (SSSR count). The van der Waals surface area contributed by atoms with Gasteiger partial charge in [-0.15, -0.1) is 11.4 Å². The fraction of sp³-hybridized carbons (Fsp3) is 0.500. The zero-order valence-electron chi connectivity index (χ0n) is 15.9. The van der Waals surface area contributed by atoms with Gasteiger partial charge in [-0.25, -0.2) is 0 Å². The first-order valence-corrected chi connectivity index (χ1v) is 8.86. The molecular weight excluding hydrogens is 351 g/mol. The monoisotopic (exact) mass is 381 g/mol. The van der Waals surface area contributed by atoms with Crippen LogP contribution < -0.4 is 9.97 Å². The molecule has 0 atom stereocenters. The zero-order valence-corrected chi connectivity index (χ0v) is 17.1.